The van der Waals surface area contributed by atoms with Crippen LogP contribution in [-0.4, -0.2) is 42.5 Å². The first-order valence-electron chi connectivity index (χ1n) is 9.58. The SMILES string of the molecule is CC1(C)OB(C(Cl)Cc2ccc(F)cc2)OC1(C)C.CC1(C)O[B]OC1(C)C. The van der Waals surface area contributed by atoms with Crippen molar-refractivity contribution in [3.05, 3.63) is 35.6 Å². The maximum atomic E-state index is 12.8. The van der Waals surface area contributed by atoms with E-state index in [0.29, 0.717) is 6.42 Å². The molecule has 1 aromatic carbocycles. The molecule has 0 bridgehead atoms. The molecular weight excluding hydrogens is 380 g/mol. The molecule has 1 atom stereocenters. The van der Waals surface area contributed by atoms with Crippen molar-refractivity contribution in [2.45, 2.75) is 89.5 Å². The third kappa shape index (κ3) is 5.31. The van der Waals surface area contributed by atoms with Gasteiger partial charge in [-0.2, -0.15) is 0 Å². The van der Waals surface area contributed by atoms with Crippen LogP contribution in [-0.2, 0) is 25.0 Å². The molecule has 2 fully saturated rings. The van der Waals surface area contributed by atoms with Crippen LogP contribution >= 0.6 is 11.6 Å². The van der Waals surface area contributed by atoms with Gasteiger partial charge in [-0.25, -0.2) is 4.39 Å². The third-order valence-corrected chi connectivity index (χ3v) is 6.41. The summed E-state index contributed by atoms with van der Waals surface area (Å²) in [7, 11) is 0.969. The highest BCUT2D eigenvalue weighted by atomic mass is 35.5. The number of rotatable bonds is 3. The molecule has 0 aliphatic carbocycles. The van der Waals surface area contributed by atoms with Crippen LogP contribution in [0.5, 0.6) is 0 Å². The van der Waals surface area contributed by atoms with E-state index >= 15 is 0 Å². The lowest BCUT2D eigenvalue weighted by Gasteiger charge is -2.32. The van der Waals surface area contributed by atoms with Gasteiger partial charge < -0.3 is 18.6 Å². The van der Waals surface area contributed by atoms with Crippen LogP contribution in [0.1, 0.15) is 61.0 Å². The number of hydrogen-bond donors (Lipinski definition) is 0. The predicted octanol–water partition coefficient (Wildman–Crippen LogP) is 4.73. The Morgan fingerprint density at radius 1 is 0.857 bits per heavy atom. The fourth-order valence-corrected chi connectivity index (χ4v) is 2.81. The average Bonchev–Trinajstić information content (AvgIpc) is 2.92. The molecule has 2 saturated heterocycles. The molecule has 2 heterocycles. The maximum Gasteiger partial charge on any atom is 0.488 e. The van der Waals surface area contributed by atoms with Crippen molar-refractivity contribution < 1.29 is 23.0 Å². The van der Waals surface area contributed by atoms with Gasteiger partial charge in [0.2, 0.25) is 0 Å². The third-order valence-electron chi connectivity index (χ3n) is 6.05. The molecule has 0 saturated carbocycles. The molecule has 0 amide bonds. The van der Waals surface area contributed by atoms with Gasteiger partial charge in [0.25, 0.3) is 0 Å². The number of hydrogen-bond acceptors (Lipinski definition) is 4. The minimum atomic E-state index is -0.447. The Morgan fingerprint density at radius 2 is 1.29 bits per heavy atom. The highest BCUT2D eigenvalue weighted by Crippen LogP contribution is 2.38. The summed E-state index contributed by atoms with van der Waals surface area (Å²) in [5.74, 6) is -0.245. The summed E-state index contributed by atoms with van der Waals surface area (Å²) in [6.45, 7) is 16.0. The number of halogens is 2. The predicted molar refractivity (Wildman–Crippen MR) is 112 cm³/mol. The molecule has 4 nitrogen and oxygen atoms in total. The van der Waals surface area contributed by atoms with Crippen molar-refractivity contribution in [2.24, 2.45) is 0 Å². The highest BCUT2D eigenvalue weighted by Gasteiger charge is 2.53. The van der Waals surface area contributed by atoms with Crippen LogP contribution in [0.3, 0.4) is 0 Å². The Labute approximate surface area is 174 Å². The van der Waals surface area contributed by atoms with Gasteiger partial charge in [-0.15, -0.1) is 11.6 Å². The fraction of sp³-hybridized carbons (Fsp3) is 0.700. The van der Waals surface area contributed by atoms with Crippen molar-refractivity contribution in [1.29, 1.82) is 0 Å². The van der Waals surface area contributed by atoms with Crippen LogP contribution in [0.4, 0.5) is 4.39 Å². The molecule has 2 aliphatic heterocycles. The van der Waals surface area contributed by atoms with Crippen molar-refractivity contribution in [1.82, 2.24) is 0 Å². The summed E-state index contributed by atoms with van der Waals surface area (Å²) in [6.07, 6.45) is 0.582. The zero-order valence-corrected chi connectivity index (χ0v) is 18.9. The molecule has 3 rings (SSSR count). The second-order valence-electron chi connectivity index (χ2n) is 9.32. The van der Waals surface area contributed by atoms with E-state index in [2.05, 4.69) is 0 Å². The van der Waals surface area contributed by atoms with Crippen molar-refractivity contribution in [3.63, 3.8) is 0 Å². The molecule has 0 aromatic heterocycles. The van der Waals surface area contributed by atoms with E-state index in [9.17, 15) is 4.39 Å². The van der Waals surface area contributed by atoms with Gasteiger partial charge in [0, 0.05) is 0 Å². The first kappa shape index (κ1) is 23.7. The van der Waals surface area contributed by atoms with E-state index < -0.39 is 7.12 Å². The number of benzene rings is 1. The smallest absolute Gasteiger partial charge is 0.405 e. The van der Waals surface area contributed by atoms with Crippen molar-refractivity contribution in [2.75, 3.05) is 0 Å². The minimum absolute atomic E-state index is 0.187. The molecule has 0 spiro atoms. The van der Waals surface area contributed by atoms with E-state index in [4.69, 9.17) is 30.2 Å². The largest absolute Gasteiger partial charge is 0.488 e. The van der Waals surface area contributed by atoms with E-state index in [-0.39, 0.29) is 33.5 Å². The normalized spacial score (nSPS) is 24.9. The second-order valence-corrected chi connectivity index (χ2v) is 9.88. The van der Waals surface area contributed by atoms with Gasteiger partial charge in [0.1, 0.15) is 5.82 Å². The quantitative estimate of drug-likeness (QED) is 0.532. The van der Waals surface area contributed by atoms with Gasteiger partial charge in [0.15, 0.2) is 0 Å². The van der Waals surface area contributed by atoms with Crippen LogP contribution in [0.15, 0.2) is 24.3 Å². The molecule has 1 radical (unpaired) electrons. The van der Waals surface area contributed by atoms with E-state index in [1.165, 1.54) is 19.8 Å². The Bertz CT molecular complexity index is 635. The zero-order chi connectivity index (χ0) is 21.4. The highest BCUT2D eigenvalue weighted by molar-refractivity contribution is 6.60. The molecule has 155 valence electrons. The first-order valence-corrected chi connectivity index (χ1v) is 10.0. The van der Waals surface area contributed by atoms with Crippen molar-refractivity contribution in [3.8, 4) is 0 Å². The lowest BCUT2D eigenvalue weighted by molar-refractivity contribution is 0.00578. The first-order chi connectivity index (χ1) is 12.7. The lowest BCUT2D eigenvalue weighted by atomic mass is 9.80. The van der Waals surface area contributed by atoms with Crippen LogP contribution in [0.25, 0.3) is 0 Å². The van der Waals surface area contributed by atoms with E-state index in [0.717, 1.165) is 5.56 Å². The Morgan fingerprint density at radius 3 is 1.64 bits per heavy atom. The molecular formula is C20H31B2ClFO4. The summed E-state index contributed by atoms with van der Waals surface area (Å²) >= 11 is 6.37. The van der Waals surface area contributed by atoms with Gasteiger partial charge in [-0.05, 0) is 79.5 Å². The summed E-state index contributed by atoms with van der Waals surface area (Å²) in [5, 5.41) is -0.300. The zero-order valence-electron chi connectivity index (χ0n) is 18.1. The number of alkyl halides is 1. The molecule has 8 heteroatoms. The van der Waals surface area contributed by atoms with E-state index in [1.54, 1.807) is 12.1 Å². The molecule has 28 heavy (non-hydrogen) atoms. The summed E-state index contributed by atoms with van der Waals surface area (Å²) in [5.41, 5.74) is -0.169. The molecule has 0 N–H and O–H groups in total. The fourth-order valence-electron chi connectivity index (χ4n) is 2.53. The standard InChI is InChI=1S/C14H19BClFO2.C6H12BO2/c1-13(2)14(3,4)19-15(18-13)12(16)9-10-5-7-11(17)8-6-10;1-5(2)6(3,4)9-7-8-5/h5-8,12H,9H2,1-4H3;1-4H3. The van der Waals surface area contributed by atoms with Gasteiger partial charge >= 0.3 is 14.8 Å². The van der Waals surface area contributed by atoms with Crippen molar-refractivity contribution >= 4 is 26.4 Å². The topological polar surface area (TPSA) is 36.9 Å². The maximum absolute atomic E-state index is 12.8. The van der Waals surface area contributed by atoms with E-state index in [1.807, 2.05) is 55.4 Å². The Hall–Kier alpha value is -0.590. The summed E-state index contributed by atoms with van der Waals surface area (Å²) < 4.78 is 35.0. The lowest BCUT2D eigenvalue weighted by Crippen LogP contribution is -2.41. The van der Waals surface area contributed by atoms with Crippen LogP contribution in [0.2, 0.25) is 0 Å². The van der Waals surface area contributed by atoms with Gasteiger partial charge in [-0.1, -0.05) is 12.1 Å². The Balaban J connectivity index is 0.000000261. The molecule has 1 unspecified atom stereocenters. The molecule has 1 aromatic rings. The second kappa shape index (κ2) is 8.27. The summed E-state index contributed by atoms with van der Waals surface area (Å²) in [4.78, 5) is 0. The molecule has 2 aliphatic rings. The minimum Gasteiger partial charge on any atom is -0.405 e. The van der Waals surface area contributed by atoms with Crippen LogP contribution < -0.4 is 0 Å². The summed E-state index contributed by atoms with van der Waals surface area (Å²) in [6, 6.07) is 6.33. The van der Waals surface area contributed by atoms with Gasteiger partial charge in [-0.3, -0.25) is 0 Å². The monoisotopic (exact) mass is 411 g/mol. The van der Waals surface area contributed by atoms with Crippen LogP contribution in [0, 0.1) is 5.82 Å². The average molecular weight is 412 g/mol. The Kier molecular flexibility index (Phi) is 7.00. The van der Waals surface area contributed by atoms with Gasteiger partial charge in [0.05, 0.1) is 27.7 Å².